The van der Waals surface area contributed by atoms with Gasteiger partial charge in [0.25, 0.3) is 0 Å². The standard InChI is InChI=1S/C21H26O3/c1-16(2)15-24-20-13-12-17(8-7-11-21(22)23-3)14-19(20)18-9-5-4-6-10-18/h4-6,9-10,12-14,16H,7-8,11,15H2,1-3H3. The Kier molecular flexibility index (Phi) is 6.86. The summed E-state index contributed by atoms with van der Waals surface area (Å²) < 4.78 is 10.7. The van der Waals surface area contributed by atoms with Crippen molar-refractivity contribution >= 4 is 5.97 Å². The van der Waals surface area contributed by atoms with E-state index in [2.05, 4.69) is 38.1 Å². The number of hydrogen-bond acceptors (Lipinski definition) is 3. The van der Waals surface area contributed by atoms with Crippen LogP contribution in [-0.4, -0.2) is 19.7 Å². The van der Waals surface area contributed by atoms with Gasteiger partial charge in [0, 0.05) is 12.0 Å². The summed E-state index contributed by atoms with van der Waals surface area (Å²) >= 11 is 0. The van der Waals surface area contributed by atoms with Crippen LogP contribution in [0.2, 0.25) is 0 Å². The second kappa shape index (κ2) is 9.11. The topological polar surface area (TPSA) is 35.5 Å². The Labute approximate surface area is 144 Å². The van der Waals surface area contributed by atoms with Gasteiger partial charge in [-0.3, -0.25) is 4.79 Å². The fourth-order valence-corrected chi connectivity index (χ4v) is 2.50. The third-order valence-corrected chi connectivity index (χ3v) is 3.77. The van der Waals surface area contributed by atoms with Crippen molar-refractivity contribution in [1.82, 2.24) is 0 Å². The molecule has 0 saturated heterocycles. The molecule has 0 aliphatic rings. The maximum absolute atomic E-state index is 11.3. The molecule has 0 radical (unpaired) electrons. The number of carbonyl (C=O) groups is 1. The average molecular weight is 326 g/mol. The second-order valence-corrected chi connectivity index (χ2v) is 6.33. The average Bonchev–Trinajstić information content (AvgIpc) is 2.61. The van der Waals surface area contributed by atoms with Crippen molar-refractivity contribution < 1.29 is 14.3 Å². The Bertz CT molecular complexity index is 647. The quantitative estimate of drug-likeness (QED) is 0.648. The number of benzene rings is 2. The van der Waals surface area contributed by atoms with E-state index in [1.807, 2.05) is 24.3 Å². The lowest BCUT2D eigenvalue weighted by atomic mass is 9.99. The van der Waals surface area contributed by atoms with Gasteiger partial charge < -0.3 is 9.47 Å². The Morgan fingerprint density at radius 2 is 1.83 bits per heavy atom. The van der Waals surface area contributed by atoms with Crippen LogP contribution in [0.4, 0.5) is 0 Å². The molecule has 0 aliphatic carbocycles. The summed E-state index contributed by atoms with van der Waals surface area (Å²) in [4.78, 5) is 11.3. The SMILES string of the molecule is COC(=O)CCCc1ccc(OCC(C)C)c(-c2ccccc2)c1. The number of rotatable bonds is 8. The normalized spacial score (nSPS) is 10.7. The molecule has 0 aromatic heterocycles. The van der Waals surface area contributed by atoms with Crippen LogP contribution < -0.4 is 4.74 Å². The lowest BCUT2D eigenvalue weighted by Crippen LogP contribution is -2.05. The van der Waals surface area contributed by atoms with Gasteiger partial charge in [0.05, 0.1) is 13.7 Å². The van der Waals surface area contributed by atoms with Crippen molar-refractivity contribution in [3.8, 4) is 16.9 Å². The van der Waals surface area contributed by atoms with Gasteiger partial charge in [0.2, 0.25) is 0 Å². The number of methoxy groups -OCH3 is 1. The zero-order chi connectivity index (χ0) is 17.4. The highest BCUT2D eigenvalue weighted by molar-refractivity contribution is 5.71. The maximum Gasteiger partial charge on any atom is 0.305 e. The van der Waals surface area contributed by atoms with Crippen molar-refractivity contribution in [2.75, 3.05) is 13.7 Å². The van der Waals surface area contributed by atoms with Gasteiger partial charge in [-0.25, -0.2) is 0 Å². The third-order valence-electron chi connectivity index (χ3n) is 3.77. The summed E-state index contributed by atoms with van der Waals surface area (Å²) in [5, 5.41) is 0. The highest BCUT2D eigenvalue weighted by Gasteiger charge is 2.09. The van der Waals surface area contributed by atoms with Gasteiger partial charge in [-0.1, -0.05) is 50.2 Å². The Balaban J connectivity index is 2.18. The van der Waals surface area contributed by atoms with E-state index in [1.54, 1.807) is 0 Å². The van der Waals surface area contributed by atoms with Crippen LogP contribution in [0, 0.1) is 5.92 Å². The molecule has 2 aromatic rings. The van der Waals surface area contributed by atoms with E-state index in [-0.39, 0.29) is 5.97 Å². The molecule has 3 heteroatoms. The maximum atomic E-state index is 11.3. The first kappa shape index (κ1) is 18.1. The van der Waals surface area contributed by atoms with Crippen LogP contribution in [0.5, 0.6) is 5.75 Å². The lowest BCUT2D eigenvalue weighted by molar-refractivity contribution is -0.140. The van der Waals surface area contributed by atoms with Gasteiger partial charge in [-0.2, -0.15) is 0 Å². The molecule has 3 nitrogen and oxygen atoms in total. The van der Waals surface area contributed by atoms with Crippen molar-refractivity contribution in [2.45, 2.75) is 33.1 Å². The fraction of sp³-hybridized carbons (Fsp3) is 0.381. The smallest absolute Gasteiger partial charge is 0.305 e. The van der Waals surface area contributed by atoms with E-state index < -0.39 is 0 Å². The molecular weight excluding hydrogens is 300 g/mol. The zero-order valence-electron chi connectivity index (χ0n) is 14.7. The van der Waals surface area contributed by atoms with Crippen LogP contribution in [-0.2, 0) is 16.0 Å². The minimum Gasteiger partial charge on any atom is -0.493 e. The Hall–Kier alpha value is -2.29. The first-order valence-electron chi connectivity index (χ1n) is 8.48. The summed E-state index contributed by atoms with van der Waals surface area (Å²) in [5.74, 6) is 1.23. The summed E-state index contributed by atoms with van der Waals surface area (Å²) in [6.45, 7) is 4.98. The molecule has 0 spiro atoms. The zero-order valence-corrected chi connectivity index (χ0v) is 14.7. The molecule has 0 heterocycles. The monoisotopic (exact) mass is 326 g/mol. The van der Waals surface area contributed by atoms with E-state index in [0.29, 0.717) is 18.9 Å². The number of esters is 1. The summed E-state index contributed by atoms with van der Waals surface area (Å²) in [6.07, 6.45) is 2.08. The van der Waals surface area contributed by atoms with E-state index >= 15 is 0 Å². The van der Waals surface area contributed by atoms with E-state index in [9.17, 15) is 4.79 Å². The fourth-order valence-electron chi connectivity index (χ4n) is 2.50. The Morgan fingerprint density at radius 3 is 2.50 bits per heavy atom. The minimum absolute atomic E-state index is 0.157. The van der Waals surface area contributed by atoms with Crippen molar-refractivity contribution in [3.05, 3.63) is 54.1 Å². The largest absolute Gasteiger partial charge is 0.493 e. The number of ether oxygens (including phenoxy) is 2. The summed E-state index contributed by atoms with van der Waals surface area (Å²) in [5.41, 5.74) is 3.45. The van der Waals surface area contributed by atoms with E-state index in [4.69, 9.17) is 9.47 Å². The van der Waals surface area contributed by atoms with Crippen LogP contribution in [0.3, 0.4) is 0 Å². The van der Waals surface area contributed by atoms with Crippen LogP contribution >= 0.6 is 0 Å². The molecule has 0 bridgehead atoms. The highest BCUT2D eigenvalue weighted by atomic mass is 16.5. The third kappa shape index (κ3) is 5.41. The molecule has 0 unspecified atom stereocenters. The van der Waals surface area contributed by atoms with E-state index in [0.717, 1.165) is 29.7 Å². The molecule has 128 valence electrons. The molecule has 0 atom stereocenters. The van der Waals surface area contributed by atoms with Gasteiger partial charge >= 0.3 is 5.97 Å². The van der Waals surface area contributed by atoms with Gasteiger partial charge in [-0.15, -0.1) is 0 Å². The first-order valence-corrected chi connectivity index (χ1v) is 8.48. The van der Waals surface area contributed by atoms with Crippen LogP contribution in [0.25, 0.3) is 11.1 Å². The van der Waals surface area contributed by atoms with Crippen molar-refractivity contribution in [3.63, 3.8) is 0 Å². The van der Waals surface area contributed by atoms with Crippen LogP contribution in [0.15, 0.2) is 48.5 Å². The lowest BCUT2D eigenvalue weighted by Gasteiger charge is -2.15. The highest BCUT2D eigenvalue weighted by Crippen LogP contribution is 2.31. The van der Waals surface area contributed by atoms with Crippen LogP contribution in [0.1, 0.15) is 32.3 Å². The second-order valence-electron chi connectivity index (χ2n) is 6.33. The predicted octanol–water partition coefficient (Wildman–Crippen LogP) is 4.88. The van der Waals surface area contributed by atoms with Gasteiger partial charge in [0.15, 0.2) is 0 Å². The predicted molar refractivity (Wildman–Crippen MR) is 97.2 cm³/mol. The van der Waals surface area contributed by atoms with Crippen molar-refractivity contribution in [2.24, 2.45) is 5.92 Å². The molecule has 2 aromatic carbocycles. The molecular formula is C21H26O3. The van der Waals surface area contributed by atoms with Gasteiger partial charge in [-0.05, 0) is 42.0 Å². The molecule has 0 amide bonds. The Morgan fingerprint density at radius 1 is 1.08 bits per heavy atom. The molecule has 0 fully saturated rings. The summed E-state index contributed by atoms with van der Waals surface area (Å²) in [6, 6.07) is 16.6. The summed E-state index contributed by atoms with van der Waals surface area (Å²) in [7, 11) is 1.43. The number of aryl methyl sites for hydroxylation is 1. The molecule has 2 rings (SSSR count). The van der Waals surface area contributed by atoms with Gasteiger partial charge in [0.1, 0.15) is 5.75 Å². The molecule has 24 heavy (non-hydrogen) atoms. The molecule has 0 aliphatic heterocycles. The number of carbonyl (C=O) groups excluding carboxylic acids is 1. The first-order chi connectivity index (χ1) is 11.6. The molecule has 0 N–H and O–H groups in total. The number of hydrogen-bond donors (Lipinski definition) is 0. The van der Waals surface area contributed by atoms with E-state index in [1.165, 1.54) is 12.7 Å². The van der Waals surface area contributed by atoms with Crippen molar-refractivity contribution in [1.29, 1.82) is 0 Å². The molecule has 0 saturated carbocycles. The minimum atomic E-state index is -0.157.